The number of sulfonamides is 1. The molecular weight excluding hydrogens is 405 g/mol. The third kappa shape index (κ3) is 3.73. The fraction of sp³-hybridized carbons (Fsp3) is 0.125. The quantitative estimate of drug-likeness (QED) is 0.467. The fourth-order valence-electron chi connectivity index (χ4n) is 2.40. The lowest BCUT2D eigenvalue weighted by atomic mass is 10.2. The molecule has 0 fully saturated rings. The van der Waals surface area contributed by atoms with Gasteiger partial charge in [0, 0.05) is 24.0 Å². The Balaban J connectivity index is 2.14. The molecule has 0 aliphatic heterocycles. The molecule has 0 atom stereocenters. The SMILES string of the molecule is CN(Cc1ccccc1)S(=O)(=O)c1cc(Cl)cc2c(Cl)nc(Cl)nc12. The summed E-state index contributed by atoms with van der Waals surface area (Å²) in [4.78, 5) is 7.80. The van der Waals surface area contributed by atoms with Crippen molar-refractivity contribution in [3.8, 4) is 0 Å². The van der Waals surface area contributed by atoms with Gasteiger partial charge in [0.25, 0.3) is 0 Å². The number of hydrogen-bond acceptors (Lipinski definition) is 4. The second kappa shape index (κ2) is 7.05. The van der Waals surface area contributed by atoms with Gasteiger partial charge in [0.15, 0.2) is 0 Å². The summed E-state index contributed by atoms with van der Waals surface area (Å²) < 4.78 is 27.3. The number of benzene rings is 2. The number of nitrogens with zero attached hydrogens (tertiary/aromatic N) is 3. The summed E-state index contributed by atoms with van der Waals surface area (Å²) in [7, 11) is -2.39. The Morgan fingerprint density at radius 1 is 1.04 bits per heavy atom. The molecule has 0 saturated heterocycles. The molecule has 0 aliphatic carbocycles. The molecule has 0 spiro atoms. The molecule has 1 heterocycles. The van der Waals surface area contributed by atoms with Crippen molar-refractivity contribution in [3.05, 3.63) is 63.5 Å². The van der Waals surface area contributed by atoms with Crippen LogP contribution in [-0.2, 0) is 16.6 Å². The van der Waals surface area contributed by atoms with Gasteiger partial charge in [-0.25, -0.2) is 18.4 Å². The van der Waals surface area contributed by atoms with Crippen LogP contribution in [0.2, 0.25) is 15.5 Å². The van der Waals surface area contributed by atoms with Crippen molar-refractivity contribution in [2.75, 3.05) is 7.05 Å². The molecule has 0 bridgehead atoms. The minimum atomic E-state index is -3.88. The Kier molecular flexibility index (Phi) is 5.18. The van der Waals surface area contributed by atoms with Crippen molar-refractivity contribution in [1.82, 2.24) is 14.3 Å². The molecule has 2 aromatic carbocycles. The number of halogens is 3. The van der Waals surface area contributed by atoms with E-state index in [1.807, 2.05) is 30.3 Å². The average Bonchev–Trinajstić information content (AvgIpc) is 2.56. The lowest BCUT2D eigenvalue weighted by Crippen LogP contribution is -2.27. The van der Waals surface area contributed by atoms with Gasteiger partial charge in [-0.2, -0.15) is 4.31 Å². The summed E-state index contributed by atoms with van der Waals surface area (Å²) in [5, 5.41) is 0.443. The average molecular weight is 417 g/mol. The molecule has 0 saturated carbocycles. The minimum Gasteiger partial charge on any atom is -0.216 e. The van der Waals surface area contributed by atoms with Gasteiger partial charge in [-0.3, -0.25) is 0 Å². The van der Waals surface area contributed by atoms with Crippen molar-refractivity contribution < 1.29 is 8.42 Å². The maximum atomic E-state index is 13.0. The molecule has 130 valence electrons. The molecule has 0 amide bonds. The zero-order chi connectivity index (χ0) is 18.2. The second-order valence-electron chi connectivity index (χ2n) is 5.33. The molecular formula is C16H12Cl3N3O2S. The zero-order valence-corrected chi connectivity index (χ0v) is 16.0. The molecule has 0 aliphatic rings. The monoisotopic (exact) mass is 415 g/mol. The second-order valence-corrected chi connectivity index (χ2v) is 8.48. The summed E-state index contributed by atoms with van der Waals surface area (Å²) in [6.07, 6.45) is 0. The van der Waals surface area contributed by atoms with Gasteiger partial charge < -0.3 is 0 Å². The van der Waals surface area contributed by atoms with E-state index in [9.17, 15) is 8.42 Å². The molecule has 3 aromatic rings. The summed E-state index contributed by atoms with van der Waals surface area (Å²) in [5.74, 6) is 0. The lowest BCUT2D eigenvalue weighted by Gasteiger charge is -2.18. The van der Waals surface area contributed by atoms with Gasteiger partial charge in [-0.15, -0.1) is 0 Å². The van der Waals surface area contributed by atoms with Crippen LogP contribution in [0.5, 0.6) is 0 Å². The van der Waals surface area contributed by atoms with Crippen LogP contribution >= 0.6 is 34.8 Å². The summed E-state index contributed by atoms with van der Waals surface area (Å²) in [6.45, 7) is 0.198. The predicted octanol–water partition coefficient (Wildman–Crippen LogP) is 4.41. The molecule has 1 aromatic heterocycles. The number of aromatic nitrogens is 2. The van der Waals surface area contributed by atoms with Crippen molar-refractivity contribution in [3.63, 3.8) is 0 Å². The highest BCUT2D eigenvalue weighted by Gasteiger charge is 2.26. The van der Waals surface area contributed by atoms with Crippen LogP contribution in [0.25, 0.3) is 10.9 Å². The summed E-state index contributed by atoms with van der Waals surface area (Å²) in [6, 6.07) is 12.1. The highest BCUT2D eigenvalue weighted by molar-refractivity contribution is 7.89. The van der Waals surface area contributed by atoms with E-state index in [0.29, 0.717) is 5.39 Å². The van der Waals surface area contributed by atoms with E-state index >= 15 is 0 Å². The first-order valence-electron chi connectivity index (χ1n) is 7.11. The van der Waals surface area contributed by atoms with E-state index in [1.54, 1.807) is 0 Å². The van der Waals surface area contributed by atoms with Crippen LogP contribution in [0, 0.1) is 0 Å². The molecule has 9 heteroatoms. The minimum absolute atomic E-state index is 0.0414. The first-order chi connectivity index (χ1) is 11.8. The molecule has 0 N–H and O–H groups in total. The Morgan fingerprint density at radius 3 is 2.40 bits per heavy atom. The largest absolute Gasteiger partial charge is 0.245 e. The van der Waals surface area contributed by atoms with Gasteiger partial charge in [0.1, 0.15) is 10.0 Å². The van der Waals surface area contributed by atoms with Gasteiger partial charge in [0.05, 0.1) is 5.52 Å². The maximum Gasteiger partial charge on any atom is 0.245 e. The van der Waals surface area contributed by atoms with Crippen LogP contribution < -0.4 is 0 Å². The van der Waals surface area contributed by atoms with Crippen LogP contribution in [-0.4, -0.2) is 29.7 Å². The Morgan fingerprint density at radius 2 is 1.72 bits per heavy atom. The van der Waals surface area contributed by atoms with Crippen LogP contribution in [0.4, 0.5) is 0 Å². The van der Waals surface area contributed by atoms with Gasteiger partial charge >= 0.3 is 0 Å². The first kappa shape index (κ1) is 18.4. The zero-order valence-electron chi connectivity index (χ0n) is 12.9. The lowest BCUT2D eigenvalue weighted by molar-refractivity contribution is 0.467. The van der Waals surface area contributed by atoms with Crippen LogP contribution in [0.15, 0.2) is 47.4 Å². The van der Waals surface area contributed by atoms with Crippen molar-refractivity contribution in [2.45, 2.75) is 11.4 Å². The molecule has 25 heavy (non-hydrogen) atoms. The van der Waals surface area contributed by atoms with E-state index in [4.69, 9.17) is 34.8 Å². The summed E-state index contributed by atoms with van der Waals surface area (Å²) in [5.41, 5.74) is 0.986. The predicted molar refractivity (Wildman–Crippen MR) is 99.7 cm³/mol. The Bertz CT molecular complexity index is 1040. The van der Waals surface area contributed by atoms with Gasteiger partial charge in [-0.05, 0) is 29.3 Å². The standard InChI is InChI=1S/C16H12Cl3N3O2S/c1-22(9-10-5-3-2-4-6-10)25(23,24)13-8-11(17)7-12-14(13)20-16(19)21-15(12)18/h2-8H,9H2,1H3. The van der Waals surface area contributed by atoms with E-state index in [2.05, 4.69) is 9.97 Å². The van der Waals surface area contributed by atoms with Crippen molar-refractivity contribution in [1.29, 1.82) is 0 Å². The van der Waals surface area contributed by atoms with Gasteiger partial charge in [-0.1, -0.05) is 53.5 Å². The van der Waals surface area contributed by atoms with Crippen molar-refractivity contribution in [2.24, 2.45) is 0 Å². The third-order valence-corrected chi connectivity index (χ3v) is 6.08. The normalized spacial score (nSPS) is 12.0. The van der Waals surface area contributed by atoms with E-state index in [0.717, 1.165) is 5.56 Å². The fourth-order valence-corrected chi connectivity index (χ4v) is 4.45. The molecule has 0 unspecified atom stereocenters. The number of rotatable bonds is 4. The molecule has 5 nitrogen and oxygen atoms in total. The van der Waals surface area contributed by atoms with Crippen LogP contribution in [0.3, 0.4) is 0 Å². The smallest absolute Gasteiger partial charge is 0.216 e. The van der Waals surface area contributed by atoms with E-state index < -0.39 is 10.0 Å². The number of fused-ring (bicyclic) bond motifs is 1. The molecule has 3 rings (SSSR count). The maximum absolute atomic E-state index is 13.0. The first-order valence-corrected chi connectivity index (χ1v) is 9.69. The highest BCUT2D eigenvalue weighted by atomic mass is 35.5. The van der Waals surface area contributed by atoms with E-state index in [-0.39, 0.29) is 32.4 Å². The van der Waals surface area contributed by atoms with Crippen LogP contribution in [0.1, 0.15) is 5.56 Å². The van der Waals surface area contributed by atoms with Crippen molar-refractivity contribution >= 4 is 55.7 Å². The Labute approximate surface area is 160 Å². The summed E-state index contributed by atoms with van der Waals surface area (Å²) >= 11 is 18.0. The number of hydrogen-bond donors (Lipinski definition) is 0. The Hall–Kier alpha value is -1.44. The van der Waals surface area contributed by atoms with Gasteiger partial charge in [0.2, 0.25) is 15.3 Å². The van der Waals surface area contributed by atoms with E-state index in [1.165, 1.54) is 23.5 Å². The topological polar surface area (TPSA) is 63.2 Å². The highest BCUT2D eigenvalue weighted by Crippen LogP contribution is 2.32. The molecule has 0 radical (unpaired) electrons. The third-order valence-electron chi connectivity index (χ3n) is 3.59.